The molecule has 1 heterocycles. The molecule has 1 atom stereocenters. The highest BCUT2D eigenvalue weighted by Crippen LogP contribution is 2.26. The van der Waals surface area contributed by atoms with E-state index in [2.05, 4.69) is 18.3 Å². The Morgan fingerprint density at radius 2 is 2.40 bits per heavy atom. The fourth-order valence-corrected chi connectivity index (χ4v) is 3.04. The zero-order valence-electron chi connectivity index (χ0n) is 9.12. The van der Waals surface area contributed by atoms with Gasteiger partial charge in [-0.05, 0) is 50.1 Å². The summed E-state index contributed by atoms with van der Waals surface area (Å²) >= 11 is 1.93. The first-order valence-electron chi connectivity index (χ1n) is 5.48. The van der Waals surface area contributed by atoms with Crippen LogP contribution in [0.1, 0.15) is 18.4 Å². The van der Waals surface area contributed by atoms with Crippen molar-refractivity contribution in [1.29, 1.82) is 0 Å². The topological polar surface area (TPSA) is 38.0 Å². The average molecular weight is 222 g/mol. The van der Waals surface area contributed by atoms with E-state index in [-0.39, 0.29) is 0 Å². The summed E-state index contributed by atoms with van der Waals surface area (Å²) in [7, 11) is 0. The second kappa shape index (κ2) is 4.90. The number of rotatable bonds is 3. The maximum absolute atomic E-state index is 5.72. The third-order valence-electron chi connectivity index (χ3n) is 2.80. The Kier molecular flexibility index (Phi) is 3.54. The number of nitrogen functional groups attached to an aromatic ring is 1. The van der Waals surface area contributed by atoms with Crippen LogP contribution in [0.4, 0.5) is 5.69 Å². The van der Waals surface area contributed by atoms with Crippen molar-refractivity contribution < 1.29 is 0 Å². The Balaban J connectivity index is 1.92. The highest BCUT2D eigenvalue weighted by atomic mass is 32.2. The van der Waals surface area contributed by atoms with Crippen molar-refractivity contribution in [3.8, 4) is 0 Å². The number of nitrogens with two attached hydrogens (primary N) is 1. The predicted molar refractivity (Wildman–Crippen MR) is 67.3 cm³/mol. The number of hydrogen-bond donors (Lipinski definition) is 2. The van der Waals surface area contributed by atoms with Gasteiger partial charge >= 0.3 is 0 Å². The van der Waals surface area contributed by atoms with E-state index < -0.39 is 0 Å². The average Bonchev–Trinajstić information content (AvgIpc) is 2.69. The Bertz CT molecular complexity index is 332. The first-order chi connectivity index (χ1) is 7.25. The van der Waals surface area contributed by atoms with Gasteiger partial charge in [0.05, 0.1) is 0 Å². The summed E-state index contributed by atoms with van der Waals surface area (Å²) in [6.07, 6.45) is 2.65. The van der Waals surface area contributed by atoms with E-state index in [0.29, 0.717) is 6.04 Å². The first-order valence-corrected chi connectivity index (χ1v) is 6.46. The molecule has 82 valence electrons. The van der Waals surface area contributed by atoms with E-state index in [1.165, 1.54) is 35.6 Å². The van der Waals surface area contributed by atoms with Crippen LogP contribution in [0.3, 0.4) is 0 Å². The lowest BCUT2D eigenvalue weighted by Gasteiger charge is -2.11. The van der Waals surface area contributed by atoms with Crippen LogP contribution >= 0.6 is 11.8 Å². The molecule has 1 aromatic rings. The minimum atomic E-state index is 0.701. The monoisotopic (exact) mass is 222 g/mol. The van der Waals surface area contributed by atoms with Crippen molar-refractivity contribution >= 4 is 17.4 Å². The first kappa shape index (κ1) is 10.8. The quantitative estimate of drug-likeness (QED) is 0.609. The van der Waals surface area contributed by atoms with Crippen LogP contribution in [0.2, 0.25) is 0 Å². The normalized spacial score (nSPS) is 20.7. The van der Waals surface area contributed by atoms with Gasteiger partial charge in [-0.2, -0.15) is 0 Å². The molecule has 2 nitrogen and oxygen atoms in total. The SMILES string of the molecule is Cc1cc(N)ccc1SC[C@@H]1CCCN1. The summed E-state index contributed by atoms with van der Waals surface area (Å²) in [5.74, 6) is 1.17. The molecule has 3 N–H and O–H groups in total. The van der Waals surface area contributed by atoms with Gasteiger partial charge in [-0.25, -0.2) is 0 Å². The predicted octanol–water partition coefficient (Wildman–Crippen LogP) is 2.42. The molecule has 15 heavy (non-hydrogen) atoms. The molecule has 1 saturated heterocycles. The molecule has 1 aliphatic heterocycles. The fraction of sp³-hybridized carbons (Fsp3) is 0.500. The van der Waals surface area contributed by atoms with Gasteiger partial charge in [0.1, 0.15) is 0 Å². The van der Waals surface area contributed by atoms with Crippen LogP contribution in [0.15, 0.2) is 23.1 Å². The Morgan fingerprint density at radius 3 is 3.07 bits per heavy atom. The molecule has 2 rings (SSSR count). The second-order valence-corrected chi connectivity index (χ2v) is 5.19. The van der Waals surface area contributed by atoms with Crippen molar-refractivity contribution in [2.45, 2.75) is 30.7 Å². The van der Waals surface area contributed by atoms with E-state index in [1.54, 1.807) is 0 Å². The number of thioether (sulfide) groups is 1. The molecule has 1 aliphatic rings. The van der Waals surface area contributed by atoms with E-state index in [0.717, 1.165) is 5.69 Å². The molecular weight excluding hydrogens is 204 g/mol. The van der Waals surface area contributed by atoms with Crippen molar-refractivity contribution in [1.82, 2.24) is 5.32 Å². The summed E-state index contributed by atoms with van der Waals surface area (Å²) in [5.41, 5.74) is 7.87. The van der Waals surface area contributed by atoms with Crippen LogP contribution in [-0.4, -0.2) is 18.3 Å². The van der Waals surface area contributed by atoms with Crippen molar-refractivity contribution in [2.75, 3.05) is 18.0 Å². The van der Waals surface area contributed by atoms with Crippen LogP contribution in [0, 0.1) is 6.92 Å². The maximum Gasteiger partial charge on any atom is 0.0317 e. The molecule has 1 aromatic carbocycles. The van der Waals surface area contributed by atoms with Crippen LogP contribution in [-0.2, 0) is 0 Å². The molecule has 3 heteroatoms. The number of benzene rings is 1. The number of anilines is 1. The molecule has 0 radical (unpaired) electrons. The Morgan fingerprint density at radius 1 is 1.53 bits per heavy atom. The van der Waals surface area contributed by atoms with Gasteiger partial charge in [0.25, 0.3) is 0 Å². The zero-order valence-corrected chi connectivity index (χ0v) is 9.94. The number of hydrogen-bond acceptors (Lipinski definition) is 3. The van der Waals surface area contributed by atoms with Crippen LogP contribution in [0.25, 0.3) is 0 Å². The second-order valence-electron chi connectivity index (χ2n) is 4.13. The summed E-state index contributed by atoms with van der Waals surface area (Å²) in [4.78, 5) is 1.36. The number of nitrogens with one attached hydrogen (secondary N) is 1. The third kappa shape index (κ3) is 2.89. The fourth-order valence-electron chi connectivity index (χ4n) is 1.92. The van der Waals surface area contributed by atoms with E-state index >= 15 is 0 Å². The standard InChI is InChI=1S/C12H18N2S/c1-9-7-10(13)4-5-12(9)15-8-11-3-2-6-14-11/h4-5,7,11,14H,2-3,6,8,13H2,1H3/t11-/m0/s1. The Hall–Kier alpha value is -0.670. The highest BCUT2D eigenvalue weighted by molar-refractivity contribution is 7.99. The van der Waals surface area contributed by atoms with Gasteiger partial charge in [-0.1, -0.05) is 0 Å². The maximum atomic E-state index is 5.72. The molecule has 1 fully saturated rings. The Labute approximate surface area is 95.6 Å². The largest absolute Gasteiger partial charge is 0.399 e. The minimum Gasteiger partial charge on any atom is -0.399 e. The highest BCUT2D eigenvalue weighted by Gasteiger charge is 2.14. The van der Waals surface area contributed by atoms with Crippen molar-refractivity contribution in [3.05, 3.63) is 23.8 Å². The van der Waals surface area contributed by atoms with Crippen LogP contribution in [0.5, 0.6) is 0 Å². The summed E-state index contributed by atoms with van der Waals surface area (Å²) < 4.78 is 0. The lowest BCUT2D eigenvalue weighted by Crippen LogP contribution is -2.23. The van der Waals surface area contributed by atoms with Crippen molar-refractivity contribution in [3.63, 3.8) is 0 Å². The zero-order chi connectivity index (χ0) is 10.7. The van der Waals surface area contributed by atoms with E-state index in [4.69, 9.17) is 5.73 Å². The van der Waals surface area contributed by atoms with E-state index in [9.17, 15) is 0 Å². The van der Waals surface area contributed by atoms with Gasteiger partial charge in [0.2, 0.25) is 0 Å². The lowest BCUT2D eigenvalue weighted by atomic mass is 10.2. The molecule has 0 amide bonds. The molecule has 0 aromatic heterocycles. The molecule has 0 bridgehead atoms. The minimum absolute atomic E-state index is 0.701. The van der Waals surface area contributed by atoms with Gasteiger partial charge in [-0.15, -0.1) is 11.8 Å². The summed E-state index contributed by atoms with van der Waals surface area (Å²) in [5, 5.41) is 3.51. The van der Waals surface area contributed by atoms with Crippen molar-refractivity contribution in [2.24, 2.45) is 0 Å². The lowest BCUT2D eigenvalue weighted by molar-refractivity contribution is 0.674. The molecular formula is C12H18N2S. The third-order valence-corrected chi connectivity index (χ3v) is 4.14. The van der Waals surface area contributed by atoms with E-state index in [1.807, 2.05) is 23.9 Å². The smallest absolute Gasteiger partial charge is 0.0317 e. The number of aryl methyl sites for hydroxylation is 1. The molecule has 0 unspecified atom stereocenters. The van der Waals surface area contributed by atoms with Gasteiger partial charge in [-0.3, -0.25) is 0 Å². The van der Waals surface area contributed by atoms with Gasteiger partial charge < -0.3 is 11.1 Å². The van der Waals surface area contributed by atoms with Crippen LogP contribution < -0.4 is 11.1 Å². The summed E-state index contributed by atoms with van der Waals surface area (Å²) in [6.45, 7) is 3.31. The van der Waals surface area contributed by atoms with Gasteiger partial charge in [0, 0.05) is 22.4 Å². The molecule has 0 spiro atoms. The molecule has 0 aliphatic carbocycles. The molecule has 0 saturated carbocycles. The summed E-state index contributed by atoms with van der Waals surface area (Å²) in [6, 6.07) is 6.86. The van der Waals surface area contributed by atoms with Gasteiger partial charge in [0.15, 0.2) is 0 Å².